The summed E-state index contributed by atoms with van der Waals surface area (Å²) in [6, 6.07) is 0. The van der Waals surface area contributed by atoms with Gasteiger partial charge in [0.1, 0.15) is 0 Å². The van der Waals surface area contributed by atoms with Crippen LogP contribution >= 0.6 is 0 Å². The van der Waals surface area contributed by atoms with E-state index < -0.39 is 40.0 Å². The minimum absolute atomic E-state index is 0. The van der Waals surface area contributed by atoms with Gasteiger partial charge in [-0.3, -0.25) is 0 Å². The molecule has 9 heavy (non-hydrogen) atoms. The maximum absolute atomic E-state index is 5.10. The molecule has 1 saturated heterocycles. The van der Waals surface area contributed by atoms with E-state index in [-0.39, 0.29) is 31.0 Å². The van der Waals surface area contributed by atoms with Gasteiger partial charge in [0.05, 0.1) is 0 Å². The van der Waals surface area contributed by atoms with E-state index in [1.54, 1.807) is 0 Å². The van der Waals surface area contributed by atoms with Crippen molar-refractivity contribution in [3.63, 3.8) is 0 Å². The molecule has 0 aromatic rings. The van der Waals surface area contributed by atoms with Crippen molar-refractivity contribution >= 4 is 40.0 Å². The van der Waals surface area contributed by atoms with Crippen LogP contribution in [0, 0.1) is 0 Å². The standard InChI is InChI=1S/Na.H8O4Si4.H/c;1-5-2-7-4-8-3-6-1;/h;5-8H2;/q+1;;-1. The van der Waals surface area contributed by atoms with Crippen molar-refractivity contribution in [2.45, 2.75) is 0 Å². The Hall–Kier alpha value is 1.71. The van der Waals surface area contributed by atoms with Gasteiger partial charge in [0, 0.05) is 0 Å². The Labute approximate surface area is 87.0 Å². The predicted molar refractivity (Wildman–Crippen MR) is 39.6 cm³/mol. The first-order chi connectivity index (χ1) is 4.00. The largest absolute Gasteiger partial charge is 1.00 e. The van der Waals surface area contributed by atoms with E-state index in [4.69, 9.17) is 16.5 Å². The molecule has 9 heteroatoms. The Morgan fingerprint density at radius 3 is 1.11 bits per heavy atom. The first kappa shape index (κ1) is 10.7. The second-order valence-electron chi connectivity index (χ2n) is 1.29. The Morgan fingerprint density at radius 2 is 0.889 bits per heavy atom. The van der Waals surface area contributed by atoms with Crippen molar-refractivity contribution in [1.29, 1.82) is 0 Å². The van der Waals surface area contributed by atoms with Gasteiger partial charge in [-0.1, -0.05) is 0 Å². The molecule has 0 aliphatic carbocycles. The van der Waals surface area contributed by atoms with Crippen LogP contribution in [0.5, 0.6) is 0 Å². The van der Waals surface area contributed by atoms with Crippen LogP contribution in [-0.4, -0.2) is 40.0 Å². The predicted octanol–water partition coefficient (Wildman–Crippen LogP) is -6.82. The zero-order valence-electron chi connectivity index (χ0n) is 6.46. The third kappa shape index (κ3) is 6.12. The van der Waals surface area contributed by atoms with Crippen molar-refractivity contribution in [1.82, 2.24) is 0 Å². The van der Waals surface area contributed by atoms with Crippen LogP contribution in [0.15, 0.2) is 0 Å². The molecule has 0 radical (unpaired) electrons. The second kappa shape index (κ2) is 7.81. The van der Waals surface area contributed by atoms with Gasteiger partial charge < -0.3 is 17.9 Å². The van der Waals surface area contributed by atoms with Gasteiger partial charge in [0.2, 0.25) is 0 Å². The molecule has 1 heterocycles. The van der Waals surface area contributed by atoms with Crippen LogP contribution in [0.3, 0.4) is 0 Å². The Balaban J connectivity index is 0. The second-order valence-corrected chi connectivity index (χ2v) is 8.76. The monoisotopic (exact) mass is 208 g/mol. The van der Waals surface area contributed by atoms with E-state index in [0.717, 1.165) is 0 Å². The fourth-order valence-corrected chi connectivity index (χ4v) is 7.59. The van der Waals surface area contributed by atoms with Gasteiger partial charge in [0.15, 0.2) is 0 Å². The molecule has 0 aromatic carbocycles. The van der Waals surface area contributed by atoms with Crippen molar-refractivity contribution < 1.29 is 47.4 Å². The van der Waals surface area contributed by atoms with Crippen molar-refractivity contribution in [3.05, 3.63) is 0 Å². The molecular weight excluding hydrogens is 199 g/mol. The van der Waals surface area contributed by atoms with E-state index in [9.17, 15) is 0 Å². The molecule has 0 atom stereocenters. The van der Waals surface area contributed by atoms with Gasteiger partial charge in [-0.25, -0.2) is 0 Å². The number of hydrogen-bond donors (Lipinski definition) is 0. The smallest absolute Gasteiger partial charge is 1.00 e. The Kier molecular flexibility index (Phi) is 9.29. The van der Waals surface area contributed by atoms with Crippen LogP contribution in [-0.2, 0) is 16.5 Å². The normalized spacial score (nSPS) is 32.0. The molecular formula is H9NaO4Si4. The van der Waals surface area contributed by atoms with E-state index in [0.29, 0.717) is 0 Å². The molecule has 50 valence electrons. The van der Waals surface area contributed by atoms with Crippen molar-refractivity contribution in [3.8, 4) is 0 Å². The van der Waals surface area contributed by atoms with Crippen molar-refractivity contribution in [2.24, 2.45) is 0 Å². The number of rotatable bonds is 0. The van der Waals surface area contributed by atoms with E-state index in [1.165, 1.54) is 0 Å². The summed E-state index contributed by atoms with van der Waals surface area (Å²) in [6.07, 6.45) is 0. The molecule has 0 amide bonds. The molecule has 1 fully saturated rings. The Morgan fingerprint density at radius 1 is 0.667 bits per heavy atom. The summed E-state index contributed by atoms with van der Waals surface area (Å²) in [4.78, 5) is 0. The molecule has 0 bridgehead atoms. The summed E-state index contributed by atoms with van der Waals surface area (Å²) in [5.74, 6) is 0. The van der Waals surface area contributed by atoms with E-state index in [2.05, 4.69) is 0 Å². The van der Waals surface area contributed by atoms with Crippen LogP contribution in [0.2, 0.25) is 0 Å². The summed E-state index contributed by atoms with van der Waals surface area (Å²) in [5.41, 5.74) is 0. The molecule has 4 nitrogen and oxygen atoms in total. The molecule has 0 aromatic heterocycles. The van der Waals surface area contributed by atoms with Crippen LogP contribution in [0.4, 0.5) is 0 Å². The summed E-state index contributed by atoms with van der Waals surface area (Å²) >= 11 is 0. The molecule has 0 spiro atoms. The van der Waals surface area contributed by atoms with Gasteiger partial charge in [0.25, 0.3) is 40.0 Å². The van der Waals surface area contributed by atoms with Gasteiger partial charge in [-0.05, 0) is 0 Å². The maximum Gasteiger partial charge on any atom is 1.00 e. The first-order valence-electron chi connectivity index (χ1n) is 2.31. The maximum atomic E-state index is 5.10. The third-order valence-electron chi connectivity index (χ3n) is 0.667. The minimum Gasteiger partial charge on any atom is -1.00 e. The molecule has 0 unspecified atom stereocenters. The van der Waals surface area contributed by atoms with Gasteiger partial charge in [-0.15, -0.1) is 0 Å². The van der Waals surface area contributed by atoms with Gasteiger partial charge >= 0.3 is 29.6 Å². The van der Waals surface area contributed by atoms with Crippen LogP contribution in [0.25, 0.3) is 0 Å². The zero-order valence-corrected chi connectivity index (χ0v) is 13.1. The summed E-state index contributed by atoms with van der Waals surface area (Å²) in [6.45, 7) is 0. The summed E-state index contributed by atoms with van der Waals surface area (Å²) in [7, 11) is -2.61. The number of hydrogen-bond acceptors (Lipinski definition) is 4. The Bertz CT molecular complexity index is 41.2. The molecule has 1 aliphatic rings. The SMILES string of the molecule is O1[SiH2]O[SiH2]O[SiH2]O[SiH2]1.[H-].[Na+]. The molecule has 1 rings (SSSR count). The topological polar surface area (TPSA) is 36.9 Å². The van der Waals surface area contributed by atoms with Crippen molar-refractivity contribution in [2.75, 3.05) is 0 Å². The average molecular weight is 208 g/mol. The molecule has 1 aliphatic heterocycles. The third-order valence-corrected chi connectivity index (χ3v) is 6.00. The fraction of sp³-hybridized carbons (Fsp3) is 0. The first-order valence-corrected chi connectivity index (χ1v) is 6.93. The van der Waals surface area contributed by atoms with Gasteiger partial charge in [-0.2, -0.15) is 0 Å². The van der Waals surface area contributed by atoms with E-state index in [1.807, 2.05) is 0 Å². The molecule has 0 N–H and O–H groups in total. The molecule has 0 saturated carbocycles. The van der Waals surface area contributed by atoms with Crippen LogP contribution in [0.1, 0.15) is 1.43 Å². The van der Waals surface area contributed by atoms with E-state index >= 15 is 0 Å². The average Bonchev–Trinajstić information content (AvgIpc) is 1.62. The summed E-state index contributed by atoms with van der Waals surface area (Å²) < 4.78 is 20.4. The quantitative estimate of drug-likeness (QED) is 0.371. The fourth-order valence-electron chi connectivity index (χ4n) is 0.372. The zero-order chi connectivity index (χ0) is 5.66. The minimum atomic E-state index is -0.653. The summed E-state index contributed by atoms with van der Waals surface area (Å²) in [5, 5.41) is 0. The van der Waals surface area contributed by atoms with Crippen LogP contribution < -0.4 is 29.6 Å².